The Kier molecular flexibility index (Phi) is 7.33. The van der Waals surface area contributed by atoms with E-state index < -0.39 is 0 Å². The standard InChI is InChI=1S/C19H20ClNO3/c1-2-23-12-13-24-17-8-5-7-16(14-17)21-19(22)11-10-15-6-3-4-9-18(15)20/h3-11,14H,2,12-13H2,1H3,(H,21,22)/b11-10+. The number of rotatable bonds is 8. The zero-order valence-electron chi connectivity index (χ0n) is 13.5. The van der Waals surface area contributed by atoms with Gasteiger partial charge in [-0.2, -0.15) is 0 Å². The Morgan fingerprint density at radius 1 is 1.17 bits per heavy atom. The van der Waals surface area contributed by atoms with Crippen molar-refractivity contribution in [3.8, 4) is 5.75 Å². The van der Waals surface area contributed by atoms with Crippen LogP contribution >= 0.6 is 11.6 Å². The molecule has 0 saturated heterocycles. The predicted octanol–water partition coefficient (Wildman–Crippen LogP) is 4.41. The van der Waals surface area contributed by atoms with Gasteiger partial charge in [-0.15, -0.1) is 0 Å². The van der Waals surface area contributed by atoms with E-state index in [1.54, 1.807) is 24.3 Å². The van der Waals surface area contributed by atoms with Crippen molar-refractivity contribution in [1.29, 1.82) is 0 Å². The summed E-state index contributed by atoms with van der Waals surface area (Å²) in [4.78, 5) is 12.0. The van der Waals surface area contributed by atoms with E-state index in [9.17, 15) is 4.79 Å². The Morgan fingerprint density at radius 3 is 2.79 bits per heavy atom. The first kappa shape index (κ1) is 18.0. The predicted molar refractivity (Wildman–Crippen MR) is 97.5 cm³/mol. The molecule has 0 aliphatic rings. The van der Waals surface area contributed by atoms with E-state index in [-0.39, 0.29) is 5.91 Å². The molecule has 5 heteroatoms. The monoisotopic (exact) mass is 345 g/mol. The largest absolute Gasteiger partial charge is 0.491 e. The van der Waals surface area contributed by atoms with Crippen molar-refractivity contribution in [2.24, 2.45) is 0 Å². The van der Waals surface area contributed by atoms with Crippen LogP contribution in [0.2, 0.25) is 5.02 Å². The van der Waals surface area contributed by atoms with Crippen molar-refractivity contribution < 1.29 is 14.3 Å². The first-order chi connectivity index (χ1) is 11.7. The molecule has 1 amide bonds. The van der Waals surface area contributed by atoms with E-state index in [4.69, 9.17) is 21.1 Å². The van der Waals surface area contributed by atoms with Crippen LogP contribution in [0.4, 0.5) is 5.69 Å². The minimum atomic E-state index is -0.235. The van der Waals surface area contributed by atoms with Crippen LogP contribution in [-0.2, 0) is 9.53 Å². The zero-order valence-corrected chi connectivity index (χ0v) is 14.3. The molecule has 0 aliphatic heterocycles. The average Bonchev–Trinajstić information content (AvgIpc) is 2.58. The summed E-state index contributed by atoms with van der Waals surface area (Å²) in [7, 11) is 0. The van der Waals surface area contributed by atoms with Gasteiger partial charge in [0.1, 0.15) is 12.4 Å². The summed E-state index contributed by atoms with van der Waals surface area (Å²) in [5.74, 6) is 0.448. The van der Waals surface area contributed by atoms with Gasteiger partial charge in [-0.05, 0) is 36.8 Å². The number of benzene rings is 2. The quantitative estimate of drug-likeness (QED) is 0.569. The van der Waals surface area contributed by atoms with Crippen LogP contribution in [0.25, 0.3) is 6.08 Å². The van der Waals surface area contributed by atoms with Crippen molar-refractivity contribution in [2.75, 3.05) is 25.1 Å². The fourth-order valence-electron chi connectivity index (χ4n) is 1.99. The third kappa shape index (κ3) is 6.07. The van der Waals surface area contributed by atoms with Crippen LogP contribution in [0.3, 0.4) is 0 Å². The van der Waals surface area contributed by atoms with Crippen LogP contribution in [0.1, 0.15) is 12.5 Å². The minimum absolute atomic E-state index is 0.235. The van der Waals surface area contributed by atoms with Gasteiger partial charge >= 0.3 is 0 Å². The maximum absolute atomic E-state index is 12.0. The molecule has 0 saturated carbocycles. The van der Waals surface area contributed by atoms with Gasteiger partial charge in [-0.3, -0.25) is 4.79 Å². The number of hydrogen-bond donors (Lipinski definition) is 1. The Morgan fingerprint density at radius 2 is 2.00 bits per heavy atom. The molecular formula is C19H20ClNO3. The third-order valence-electron chi connectivity index (χ3n) is 3.12. The summed E-state index contributed by atoms with van der Waals surface area (Å²) in [6.07, 6.45) is 3.13. The molecule has 0 atom stereocenters. The van der Waals surface area contributed by atoms with Crippen molar-refractivity contribution in [3.63, 3.8) is 0 Å². The molecule has 0 aliphatic carbocycles. The summed E-state index contributed by atoms with van der Waals surface area (Å²) in [5.41, 5.74) is 1.46. The van der Waals surface area contributed by atoms with Gasteiger partial charge in [0.05, 0.1) is 6.61 Å². The second-order valence-corrected chi connectivity index (χ2v) is 5.32. The Hall–Kier alpha value is -2.30. The van der Waals surface area contributed by atoms with E-state index in [0.717, 1.165) is 5.56 Å². The molecular weight excluding hydrogens is 326 g/mol. The van der Waals surface area contributed by atoms with Crippen molar-refractivity contribution in [3.05, 3.63) is 65.2 Å². The highest BCUT2D eigenvalue weighted by Gasteiger charge is 2.01. The number of carbonyl (C=O) groups excluding carboxylic acids is 1. The topological polar surface area (TPSA) is 47.6 Å². The number of carbonyl (C=O) groups is 1. The van der Waals surface area contributed by atoms with Crippen LogP contribution in [0.15, 0.2) is 54.6 Å². The molecule has 0 heterocycles. The Balaban J connectivity index is 1.90. The van der Waals surface area contributed by atoms with E-state index in [1.807, 2.05) is 37.3 Å². The molecule has 126 valence electrons. The lowest BCUT2D eigenvalue weighted by Crippen LogP contribution is -2.09. The summed E-state index contributed by atoms with van der Waals surface area (Å²) in [6, 6.07) is 14.6. The summed E-state index contributed by atoms with van der Waals surface area (Å²) >= 11 is 6.05. The van der Waals surface area contributed by atoms with Gasteiger partial charge in [0.25, 0.3) is 0 Å². The number of amides is 1. The molecule has 24 heavy (non-hydrogen) atoms. The highest BCUT2D eigenvalue weighted by molar-refractivity contribution is 6.32. The van der Waals surface area contributed by atoms with Gasteiger partial charge in [0, 0.05) is 29.5 Å². The SMILES string of the molecule is CCOCCOc1cccc(NC(=O)/C=C/c2ccccc2Cl)c1. The maximum Gasteiger partial charge on any atom is 0.248 e. The Bertz CT molecular complexity index is 701. The molecule has 0 unspecified atom stereocenters. The minimum Gasteiger partial charge on any atom is -0.491 e. The molecule has 1 N–H and O–H groups in total. The first-order valence-corrected chi connectivity index (χ1v) is 8.11. The fraction of sp³-hybridized carbons (Fsp3) is 0.211. The molecule has 2 aromatic rings. The summed E-state index contributed by atoms with van der Waals surface area (Å²) in [5, 5.41) is 3.40. The van der Waals surface area contributed by atoms with Crippen LogP contribution in [0, 0.1) is 0 Å². The van der Waals surface area contributed by atoms with Crippen molar-refractivity contribution in [1.82, 2.24) is 0 Å². The molecule has 2 aromatic carbocycles. The third-order valence-corrected chi connectivity index (χ3v) is 3.47. The van der Waals surface area contributed by atoms with Gasteiger partial charge in [-0.25, -0.2) is 0 Å². The number of ether oxygens (including phenoxy) is 2. The van der Waals surface area contributed by atoms with Crippen LogP contribution in [-0.4, -0.2) is 25.7 Å². The average molecular weight is 346 g/mol. The van der Waals surface area contributed by atoms with Crippen LogP contribution in [0.5, 0.6) is 5.75 Å². The van der Waals surface area contributed by atoms with E-state index in [2.05, 4.69) is 5.32 Å². The molecule has 0 bridgehead atoms. The van der Waals surface area contributed by atoms with Gasteiger partial charge in [0.2, 0.25) is 5.91 Å². The van der Waals surface area contributed by atoms with Gasteiger partial charge in [0.15, 0.2) is 0 Å². The van der Waals surface area contributed by atoms with E-state index in [0.29, 0.717) is 36.3 Å². The summed E-state index contributed by atoms with van der Waals surface area (Å²) in [6.45, 7) is 3.61. The van der Waals surface area contributed by atoms with Crippen molar-refractivity contribution >= 4 is 29.3 Å². The van der Waals surface area contributed by atoms with Crippen molar-refractivity contribution in [2.45, 2.75) is 6.92 Å². The normalized spacial score (nSPS) is 10.8. The fourth-order valence-corrected chi connectivity index (χ4v) is 2.18. The number of hydrogen-bond acceptors (Lipinski definition) is 3. The van der Waals surface area contributed by atoms with Gasteiger partial charge < -0.3 is 14.8 Å². The lowest BCUT2D eigenvalue weighted by atomic mass is 10.2. The molecule has 0 radical (unpaired) electrons. The lowest BCUT2D eigenvalue weighted by Gasteiger charge is -2.08. The summed E-state index contributed by atoms with van der Waals surface area (Å²) < 4.78 is 10.8. The highest BCUT2D eigenvalue weighted by atomic mass is 35.5. The zero-order chi connectivity index (χ0) is 17.2. The smallest absolute Gasteiger partial charge is 0.248 e. The second-order valence-electron chi connectivity index (χ2n) is 4.92. The van der Waals surface area contributed by atoms with E-state index in [1.165, 1.54) is 6.08 Å². The molecule has 0 spiro atoms. The van der Waals surface area contributed by atoms with Gasteiger partial charge in [-0.1, -0.05) is 35.9 Å². The maximum atomic E-state index is 12.0. The molecule has 0 aromatic heterocycles. The lowest BCUT2D eigenvalue weighted by molar-refractivity contribution is -0.111. The second kappa shape index (κ2) is 9.75. The number of nitrogens with one attached hydrogen (secondary N) is 1. The highest BCUT2D eigenvalue weighted by Crippen LogP contribution is 2.18. The number of halogens is 1. The van der Waals surface area contributed by atoms with E-state index >= 15 is 0 Å². The van der Waals surface area contributed by atoms with Crippen LogP contribution < -0.4 is 10.1 Å². The molecule has 4 nitrogen and oxygen atoms in total. The first-order valence-electron chi connectivity index (χ1n) is 7.73. The molecule has 0 fully saturated rings. The number of anilines is 1. The Labute approximate surface area is 147 Å². The molecule has 2 rings (SSSR count).